The summed E-state index contributed by atoms with van der Waals surface area (Å²) in [6.45, 7) is 1.78. The third kappa shape index (κ3) is 3.42. The van der Waals surface area contributed by atoms with E-state index in [0.29, 0.717) is 6.42 Å². The van der Waals surface area contributed by atoms with Gasteiger partial charge in [-0.25, -0.2) is 0 Å². The Balaban J connectivity index is 3.56. The predicted octanol–water partition coefficient (Wildman–Crippen LogP) is -0.441. The third-order valence-corrected chi connectivity index (χ3v) is 1.31. The van der Waals surface area contributed by atoms with Gasteiger partial charge in [-0.3, -0.25) is 4.79 Å². The van der Waals surface area contributed by atoms with Gasteiger partial charge in [0.2, 0.25) is 0 Å². The quantitative estimate of drug-likeness (QED) is 0.503. The van der Waals surface area contributed by atoms with Crippen molar-refractivity contribution in [2.24, 2.45) is 5.73 Å². The molecule has 0 heterocycles. The molecular weight excluding hydrogens is 134 g/mol. The lowest BCUT2D eigenvalue weighted by Crippen LogP contribution is -2.33. The molecule has 4 N–H and O–H groups in total. The van der Waals surface area contributed by atoms with Crippen LogP contribution in [0.2, 0.25) is 0 Å². The zero-order valence-electron chi connectivity index (χ0n) is 5.95. The molecule has 0 aliphatic rings. The van der Waals surface area contributed by atoms with Gasteiger partial charge in [-0.1, -0.05) is 6.92 Å². The molecule has 0 aromatic carbocycles. The first-order chi connectivity index (χ1) is 4.57. The summed E-state index contributed by atoms with van der Waals surface area (Å²) in [5.74, 6) is -1.06. The molecule has 0 bridgehead atoms. The summed E-state index contributed by atoms with van der Waals surface area (Å²) < 4.78 is 0. The maximum atomic E-state index is 10.1. The SMILES string of the molecule is CC[C@@H](O)C[C@H](N)C(=O)O. The Morgan fingerprint density at radius 2 is 2.20 bits per heavy atom. The number of aliphatic carboxylic acids is 1. The van der Waals surface area contributed by atoms with Crippen molar-refractivity contribution >= 4 is 5.97 Å². The molecule has 2 atom stereocenters. The average Bonchev–Trinajstić information content (AvgIpc) is 1.87. The molecule has 0 aliphatic carbocycles. The molecule has 4 heteroatoms. The second-order valence-corrected chi connectivity index (χ2v) is 2.24. The molecule has 0 aromatic heterocycles. The number of hydrogen-bond donors (Lipinski definition) is 3. The van der Waals surface area contributed by atoms with Crippen molar-refractivity contribution in [3.05, 3.63) is 0 Å². The largest absolute Gasteiger partial charge is 0.480 e. The van der Waals surface area contributed by atoms with Gasteiger partial charge < -0.3 is 15.9 Å². The Bertz CT molecular complexity index is 116. The first-order valence-electron chi connectivity index (χ1n) is 3.24. The summed E-state index contributed by atoms with van der Waals surface area (Å²) >= 11 is 0. The highest BCUT2D eigenvalue weighted by Gasteiger charge is 2.14. The molecule has 0 saturated heterocycles. The fourth-order valence-corrected chi connectivity index (χ4v) is 0.561. The van der Waals surface area contributed by atoms with Crippen LogP contribution in [-0.4, -0.2) is 28.3 Å². The van der Waals surface area contributed by atoms with Crippen molar-refractivity contribution in [1.29, 1.82) is 0 Å². The van der Waals surface area contributed by atoms with Crippen LogP contribution in [0.15, 0.2) is 0 Å². The van der Waals surface area contributed by atoms with Crippen LogP contribution in [0.3, 0.4) is 0 Å². The minimum absolute atomic E-state index is 0.131. The Labute approximate surface area is 59.7 Å². The average molecular weight is 147 g/mol. The van der Waals surface area contributed by atoms with E-state index in [0.717, 1.165) is 0 Å². The lowest BCUT2D eigenvalue weighted by molar-refractivity contribution is -0.139. The monoisotopic (exact) mass is 147 g/mol. The lowest BCUT2D eigenvalue weighted by Gasteiger charge is -2.09. The number of carboxylic acids is 1. The molecule has 0 rings (SSSR count). The number of nitrogens with two attached hydrogens (primary N) is 1. The van der Waals surface area contributed by atoms with Crippen LogP contribution in [-0.2, 0) is 4.79 Å². The Hall–Kier alpha value is -0.610. The third-order valence-electron chi connectivity index (χ3n) is 1.31. The number of rotatable bonds is 4. The highest BCUT2D eigenvalue weighted by molar-refractivity contribution is 5.73. The van der Waals surface area contributed by atoms with Crippen LogP contribution in [0.5, 0.6) is 0 Å². The molecule has 4 nitrogen and oxygen atoms in total. The van der Waals surface area contributed by atoms with Crippen LogP contribution < -0.4 is 5.73 Å². The minimum Gasteiger partial charge on any atom is -0.480 e. The minimum atomic E-state index is -1.06. The van der Waals surface area contributed by atoms with E-state index in [9.17, 15) is 4.79 Å². The van der Waals surface area contributed by atoms with Crippen molar-refractivity contribution in [3.8, 4) is 0 Å². The number of aliphatic hydroxyl groups is 1. The molecule has 60 valence electrons. The predicted molar refractivity (Wildman–Crippen MR) is 36.5 cm³/mol. The number of hydrogen-bond acceptors (Lipinski definition) is 3. The van der Waals surface area contributed by atoms with E-state index in [1.165, 1.54) is 0 Å². The first-order valence-corrected chi connectivity index (χ1v) is 3.24. The number of carbonyl (C=O) groups is 1. The standard InChI is InChI=1S/C6H13NO3/c1-2-4(8)3-5(7)6(9)10/h4-5,8H,2-3,7H2,1H3,(H,9,10)/t4-,5+/m1/s1. The fourth-order valence-electron chi connectivity index (χ4n) is 0.561. The molecule has 0 saturated carbocycles. The summed E-state index contributed by atoms with van der Waals surface area (Å²) in [6.07, 6.45) is 0.0819. The zero-order valence-corrected chi connectivity index (χ0v) is 5.95. The van der Waals surface area contributed by atoms with Gasteiger partial charge in [-0.2, -0.15) is 0 Å². The number of aliphatic hydroxyl groups excluding tert-OH is 1. The highest BCUT2D eigenvalue weighted by Crippen LogP contribution is 1.99. The van der Waals surface area contributed by atoms with Crippen molar-refractivity contribution in [2.75, 3.05) is 0 Å². The van der Waals surface area contributed by atoms with E-state index < -0.39 is 18.1 Å². The number of carboxylic acid groups (broad SMARTS) is 1. The molecule has 0 radical (unpaired) electrons. The van der Waals surface area contributed by atoms with Gasteiger partial charge in [0.15, 0.2) is 0 Å². The van der Waals surface area contributed by atoms with Crippen molar-refractivity contribution in [1.82, 2.24) is 0 Å². The van der Waals surface area contributed by atoms with Crippen molar-refractivity contribution in [2.45, 2.75) is 31.9 Å². The molecule has 0 spiro atoms. The van der Waals surface area contributed by atoms with Crippen LogP contribution in [0.25, 0.3) is 0 Å². The normalized spacial score (nSPS) is 16.3. The molecular formula is C6H13NO3. The summed E-state index contributed by atoms with van der Waals surface area (Å²) in [7, 11) is 0. The van der Waals surface area contributed by atoms with E-state index in [4.69, 9.17) is 15.9 Å². The van der Waals surface area contributed by atoms with Crippen LogP contribution >= 0.6 is 0 Å². The van der Waals surface area contributed by atoms with E-state index in [1.807, 2.05) is 0 Å². The van der Waals surface area contributed by atoms with Gasteiger partial charge in [-0.15, -0.1) is 0 Å². The fraction of sp³-hybridized carbons (Fsp3) is 0.833. The Morgan fingerprint density at radius 3 is 2.50 bits per heavy atom. The Kier molecular flexibility index (Phi) is 3.99. The summed E-state index contributed by atoms with van der Waals surface area (Å²) in [4.78, 5) is 10.1. The molecule has 0 fully saturated rings. The van der Waals surface area contributed by atoms with Crippen LogP contribution in [0.1, 0.15) is 19.8 Å². The molecule has 0 aromatic rings. The van der Waals surface area contributed by atoms with Crippen molar-refractivity contribution < 1.29 is 15.0 Å². The zero-order chi connectivity index (χ0) is 8.15. The Morgan fingerprint density at radius 1 is 1.70 bits per heavy atom. The van der Waals surface area contributed by atoms with E-state index in [2.05, 4.69) is 0 Å². The van der Waals surface area contributed by atoms with E-state index >= 15 is 0 Å². The summed E-state index contributed by atoms with van der Waals surface area (Å²) in [5.41, 5.74) is 5.13. The summed E-state index contributed by atoms with van der Waals surface area (Å²) in [6, 6.07) is -0.935. The first kappa shape index (κ1) is 9.39. The molecule has 0 amide bonds. The van der Waals surface area contributed by atoms with Gasteiger partial charge in [-0.05, 0) is 12.8 Å². The smallest absolute Gasteiger partial charge is 0.320 e. The van der Waals surface area contributed by atoms with Gasteiger partial charge in [0.1, 0.15) is 6.04 Å². The molecule has 10 heavy (non-hydrogen) atoms. The maximum absolute atomic E-state index is 10.1. The van der Waals surface area contributed by atoms with Gasteiger partial charge >= 0.3 is 5.97 Å². The highest BCUT2D eigenvalue weighted by atomic mass is 16.4. The van der Waals surface area contributed by atoms with Gasteiger partial charge in [0.05, 0.1) is 6.10 Å². The van der Waals surface area contributed by atoms with Gasteiger partial charge in [0, 0.05) is 0 Å². The topological polar surface area (TPSA) is 83.5 Å². The van der Waals surface area contributed by atoms with Gasteiger partial charge in [0.25, 0.3) is 0 Å². The molecule has 0 aliphatic heterocycles. The van der Waals surface area contributed by atoms with Crippen molar-refractivity contribution in [3.63, 3.8) is 0 Å². The maximum Gasteiger partial charge on any atom is 0.320 e. The van der Waals surface area contributed by atoms with E-state index in [1.54, 1.807) is 6.92 Å². The van der Waals surface area contributed by atoms with Crippen LogP contribution in [0, 0.1) is 0 Å². The second-order valence-electron chi connectivity index (χ2n) is 2.24. The molecule has 0 unspecified atom stereocenters. The van der Waals surface area contributed by atoms with E-state index in [-0.39, 0.29) is 6.42 Å². The summed E-state index contributed by atoms with van der Waals surface area (Å²) in [5, 5.41) is 17.2. The lowest BCUT2D eigenvalue weighted by atomic mass is 10.1. The van der Waals surface area contributed by atoms with Crippen LogP contribution in [0.4, 0.5) is 0 Å². The second kappa shape index (κ2) is 4.24.